The molecule has 0 N–H and O–H groups in total. The minimum Gasteiger partial charge on any atom is -0.453 e. The number of methoxy groups -OCH3 is 1. The number of nitrogens with zero attached hydrogens (tertiary/aromatic N) is 1. The van der Waals surface area contributed by atoms with Crippen LogP contribution in [0.2, 0.25) is 0 Å². The smallest absolute Gasteiger partial charge is 0.409 e. The van der Waals surface area contributed by atoms with Crippen molar-refractivity contribution in [1.29, 1.82) is 0 Å². The molecule has 11 heavy (non-hydrogen) atoms. The Bertz CT molecular complexity index is 153. The van der Waals surface area contributed by atoms with Crippen molar-refractivity contribution in [3.63, 3.8) is 0 Å². The Morgan fingerprint density at radius 1 is 1.73 bits per heavy atom. The molecule has 0 bridgehead atoms. The minimum atomic E-state index is -0.315. The third-order valence-corrected chi connectivity index (χ3v) is 1.77. The summed E-state index contributed by atoms with van der Waals surface area (Å²) in [7, 11) is 6.32. The zero-order chi connectivity index (χ0) is 8.27. The van der Waals surface area contributed by atoms with E-state index in [0.29, 0.717) is 13.1 Å². The van der Waals surface area contributed by atoms with E-state index in [1.165, 1.54) is 7.11 Å². The number of amides is 1. The highest BCUT2D eigenvalue weighted by Gasteiger charge is 2.25. The average molecular weight is 155 g/mol. The van der Waals surface area contributed by atoms with Gasteiger partial charge in [0.25, 0.3) is 8.05 Å². The minimum absolute atomic E-state index is 0.0332. The molecular weight excluding hydrogens is 145 g/mol. The molecule has 1 saturated heterocycles. The normalized spacial score (nSPS) is 23.7. The van der Waals surface area contributed by atoms with Crippen molar-refractivity contribution in [2.24, 2.45) is 0 Å². The highest BCUT2D eigenvalue weighted by Crippen LogP contribution is 2.11. The molecule has 1 fully saturated rings. The fraction of sp³-hybridized carbons (Fsp3) is 0.833. The fourth-order valence-electron chi connectivity index (χ4n) is 1.13. The van der Waals surface area contributed by atoms with Crippen molar-refractivity contribution < 1.29 is 14.2 Å². The topological polar surface area (TPSA) is 38.8 Å². The van der Waals surface area contributed by atoms with Crippen LogP contribution in [0.5, 0.6) is 0 Å². The third-order valence-electron chi connectivity index (χ3n) is 1.77. The predicted molar refractivity (Wildman–Crippen MR) is 39.2 cm³/mol. The Balaban J connectivity index is 2.35. The Labute approximate surface area is 66.9 Å². The van der Waals surface area contributed by atoms with E-state index in [-0.39, 0.29) is 12.2 Å². The van der Waals surface area contributed by atoms with E-state index in [4.69, 9.17) is 8.05 Å². The van der Waals surface area contributed by atoms with Gasteiger partial charge in [-0.3, -0.25) is 0 Å². The van der Waals surface area contributed by atoms with Crippen molar-refractivity contribution in [1.82, 2.24) is 4.90 Å². The van der Waals surface area contributed by atoms with Crippen LogP contribution in [0.15, 0.2) is 0 Å². The van der Waals surface area contributed by atoms with Crippen molar-refractivity contribution in [2.45, 2.75) is 12.5 Å². The highest BCUT2D eigenvalue weighted by molar-refractivity contribution is 5.98. The molecule has 0 spiro atoms. The van der Waals surface area contributed by atoms with Gasteiger partial charge in [0.05, 0.1) is 13.2 Å². The van der Waals surface area contributed by atoms with Crippen molar-refractivity contribution >= 4 is 14.1 Å². The zero-order valence-electron chi connectivity index (χ0n) is 6.45. The summed E-state index contributed by atoms with van der Waals surface area (Å²) in [6.45, 7) is 1.19. The maximum Gasteiger partial charge on any atom is 0.409 e. The molecule has 1 atom stereocenters. The first-order chi connectivity index (χ1) is 5.27. The lowest BCUT2D eigenvalue weighted by molar-refractivity contribution is 0.127. The van der Waals surface area contributed by atoms with Crippen LogP contribution in [0.3, 0.4) is 0 Å². The molecule has 2 radical (unpaired) electrons. The van der Waals surface area contributed by atoms with Gasteiger partial charge in [-0.1, -0.05) is 0 Å². The summed E-state index contributed by atoms with van der Waals surface area (Å²) in [5, 5.41) is 0. The van der Waals surface area contributed by atoms with Gasteiger partial charge in [-0.2, -0.15) is 0 Å². The van der Waals surface area contributed by atoms with E-state index in [1.54, 1.807) is 4.90 Å². The Morgan fingerprint density at radius 2 is 2.45 bits per heavy atom. The van der Waals surface area contributed by atoms with Crippen molar-refractivity contribution in [3.05, 3.63) is 0 Å². The molecular formula is C6H10BNO3. The molecule has 1 heterocycles. The first kappa shape index (κ1) is 8.39. The summed E-state index contributed by atoms with van der Waals surface area (Å²) in [5.41, 5.74) is 0. The number of carbonyl (C=O) groups excluding carboxylic acids is 1. The SMILES string of the molecule is [B]OC1CCN(C(=O)OC)C1. The summed E-state index contributed by atoms with van der Waals surface area (Å²) in [4.78, 5) is 12.4. The van der Waals surface area contributed by atoms with Gasteiger partial charge in [-0.15, -0.1) is 0 Å². The molecule has 0 aromatic rings. The monoisotopic (exact) mass is 155 g/mol. The number of ether oxygens (including phenoxy) is 1. The van der Waals surface area contributed by atoms with Crippen LogP contribution in [0.4, 0.5) is 4.79 Å². The quantitative estimate of drug-likeness (QED) is 0.497. The second-order valence-corrected chi connectivity index (χ2v) is 2.46. The molecule has 5 heteroatoms. The van der Waals surface area contributed by atoms with Crippen molar-refractivity contribution in [3.8, 4) is 0 Å². The molecule has 1 aliphatic heterocycles. The Kier molecular flexibility index (Phi) is 2.76. The van der Waals surface area contributed by atoms with Gasteiger partial charge >= 0.3 is 6.09 Å². The molecule has 1 amide bonds. The maximum absolute atomic E-state index is 10.9. The Hall–Kier alpha value is -0.705. The van der Waals surface area contributed by atoms with E-state index in [2.05, 4.69) is 9.39 Å². The largest absolute Gasteiger partial charge is 0.453 e. The van der Waals surface area contributed by atoms with Gasteiger partial charge in [0.2, 0.25) is 0 Å². The zero-order valence-corrected chi connectivity index (χ0v) is 6.45. The standard InChI is InChI=1S/C6H10BNO3/c1-10-6(9)8-3-2-5(4-8)11-7/h5H,2-4H2,1H3. The molecule has 1 aliphatic rings. The fourth-order valence-corrected chi connectivity index (χ4v) is 1.13. The lowest BCUT2D eigenvalue weighted by Crippen LogP contribution is -2.29. The highest BCUT2D eigenvalue weighted by atomic mass is 16.5. The summed E-state index contributed by atoms with van der Waals surface area (Å²) < 4.78 is 9.10. The number of likely N-dealkylation sites (tertiary alicyclic amines) is 1. The molecule has 60 valence electrons. The van der Waals surface area contributed by atoms with E-state index in [1.807, 2.05) is 0 Å². The molecule has 1 unspecified atom stereocenters. The Morgan fingerprint density at radius 3 is 2.91 bits per heavy atom. The molecule has 0 aromatic heterocycles. The van der Waals surface area contributed by atoms with Gasteiger partial charge in [0.15, 0.2) is 0 Å². The number of hydrogen-bond donors (Lipinski definition) is 0. The molecule has 0 aliphatic carbocycles. The second kappa shape index (κ2) is 3.62. The maximum atomic E-state index is 10.9. The molecule has 1 rings (SSSR count). The summed E-state index contributed by atoms with van der Waals surface area (Å²) in [5.74, 6) is 0. The summed E-state index contributed by atoms with van der Waals surface area (Å²) >= 11 is 0. The van der Waals surface area contributed by atoms with Gasteiger partial charge in [-0.25, -0.2) is 4.79 Å². The van der Waals surface area contributed by atoms with E-state index < -0.39 is 0 Å². The summed E-state index contributed by atoms with van der Waals surface area (Å²) in [6.07, 6.45) is 0.435. The van der Waals surface area contributed by atoms with Crippen molar-refractivity contribution in [2.75, 3.05) is 20.2 Å². The molecule has 0 saturated carbocycles. The van der Waals surface area contributed by atoms with Gasteiger partial charge in [-0.05, 0) is 6.42 Å². The second-order valence-electron chi connectivity index (χ2n) is 2.46. The predicted octanol–water partition coefficient (Wildman–Crippen LogP) is -0.0728. The van der Waals surface area contributed by atoms with E-state index >= 15 is 0 Å². The van der Waals surface area contributed by atoms with Crippen LogP contribution in [0, 0.1) is 0 Å². The van der Waals surface area contributed by atoms with E-state index in [0.717, 1.165) is 6.42 Å². The molecule has 4 nitrogen and oxygen atoms in total. The number of hydrogen-bond acceptors (Lipinski definition) is 3. The van der Waals surface area contributed by atoms with Gasteiger partial charge in [0.1, 0.15) is 0 Å². The first-order valence-electron chi connectivity index (χ1n) is 3.46. The van der Waals surface area contributed by atoms with Gasteiger partial charge < -0.3 is 14.3 Å². The van der Waals surface area contributed by atoms with Crippen LogP contribution in [-0.2, 0) is 9.39 Å². The van der Waals surface area contributed by atoms with Gasteiger partial charge in [0, 0.05) is 13.1 Å². The molecule has 0 aromatic carbocycles. The van der Waals surface area contributed by atoms with Crippen LogP contribution in [0.25, 0.3) is 0 Å². The van der Waals surface area contributed by atoms with Crippen LogP contribution in [-0.4, -0.2) is 45.3 Å². The van der Waals surface area contributed by atoms with Crippen LogP contribution >= 0.6 is 0 Å². The number of rotatable bonds is 1. The number of carbonyl (C=O) groups is 1. The van der Waals surface area contributed by atoms with E-state index in [9.17, 15) is 4.79 Å². The summed E-state index contributed by atoms with van der Waals surface area (Å²) in [6, 6.07) is 0. The lowest BCUT2D eigenvalue weighted by Gasteiger charge is -2.13. The third kappa shape index (κ3) is 1.86. The first-order valence-corrected chi connectivity index (χ1v) is 3.46. The van der Waals surface area contributed by atoms with Crippen LogP contribution in [0.1, 0.15) is 6.42 Å². The average Bonchev–Trinajstić information content (AvgIpc) is 2.50. The lowest BCUT2D eigenvalue weighted by atomic mass is 10.3. The van der Waals surface area contributed by atoms with Crippen LogP contribution < -0.4 is 0 Å².